The van der Waals surface area contributed by atoms with E-state index in [1.165, 1.54) is 0 Å². The first-order valence-electron chi connectivity index (χ1n) is 10.2. The normalized spacial score (nSPS) is 17.9. The van der Waals surface area contributed by atoms with Gasteiger partial charge < -0.3 is 18.9 Å². The largest absolute Gasteiger partial charge is 0.497 e. The van der Waals surface area contributed by atoms with Crippen molar-refractivity contribution >= 4 is 17.8 Å². The third kappa shape index (κ3) is 3.39. The fourth-order valence-electron chi connectivity index (χ4n) is 4.08. The molecule has 0 aliphatic carbocycles. The number of esters is 1. The van der Waals surface area contributed by atoms with Gasteiger partial charge in [-0.1, -0.05) is 24.3 Å². The van der Waals surface area contributed by atoms with Gasteiger partial charge in [-0.25, -0.2) is 0 Å². The summed E-state index contributed by atoms with van der Waals surface area (Å²) in [5.74, 6) is 1.72. The van der Waals surface area contributed by atoms with Gasteiger partial charge in [0.25, 0.3) is 0 Å². The summed E-state index contributed by atoms with van der Waals surface area (Å²) < 4.78 is 22.0. The van der Waals surface area contributed by atoms with E-state index in [-0.39, 0.29) is 29.9 Å². The lowest BCUT2D eigenvalue weighted by Crippen LogP contribution is -2.21. The van der Waals surface area contributed by atoms with E-state index in [9.17, 15) is 9.59 Å². The highest BCUT2D eigenvalue weighted by molar-refractivity contribution is 6.15. The number of methoxy groups -OCH3 is 2. The van der Waals surface area contributed by atoms with Gasteiger partial charge in [0.15, 0.2) is 5.76 Å². The number of ether oxygens (including phenoxy) is 4. The number of fused-ring (bicyclic) bond motifs is 3. The van der Waals surface area contributed by atoms with Crippen molar-refractivity contribution in [3.05, 3.63) is 88.7 Å². The van der Waals surface area contributed by atoms with Crippen LogP contribution < -0.4 is 18.9 Å². The molecule has 0 saturated heterocycles. The summed E-state index contributed by atoms with van der Waals surface area (Å²) in [5.41, 5.74) is 2.90. The van der Waals surface area contributed by atoms with Crippen LogP contribution in [0.3, 0.4) is 0 Å². The minimum Gasteiger partial charge on any atom is -0.497 e. The Hall–Kier alpha value is -4.06. The van der Waals surface area contributed by atoms with Gasteiger partial charge in [-0.3, -0.25) is 9.59 Å². The Bertz CT molecular complexity index is 1240. The number of benzene rings is 3. The van der Waals surface area contributed by atoms with Gasteiger partial charge >= 0.3 is 5.97 Å². The maximum atomic E-state index is 13.1. The van der Waals surface area contributed by atoms with Crippen molar-refractivity contribution in [3.63, 3.8) is 0 Å². The lowest BCUT2D eigenvalue weighted by Gasteiger charge is -2.26. The topological polar surface area (TPSA) is 71.1 Å². The van der Waals surface area contributed by atoms with Crippen LogP contribution in [-0.4, -0.2) is 26.0 Å². The smallest absolute Gasteiger partial charge is 0.312 e. The summed E-state index contributed by atoms with van der Waals surface area (Å²) in [4.78, 5) is 25.3. The van der Waals surface area contributed by atoms with E-state index in [1.54, 1.807) is 32.4 Å². The summed E-state index contributed by atoms with van der Waals surface area (Å²) in [6.07, 6.45) is 1.86. The van der Waals surface area contributed by atoms with E-state index in [1.807, 2.05) is 48.5 Å². The first-order chi connectivity index (χ1) is 15.6. The number of rotatable bonds is 4. The number of allylic oxidation sites excluding steroid dienone is 1. The molecule has 1 atom stereocenters. The minimum absolute atomic E-state index is 0.158. The maximum Gasteiger partial charge on any atom is 0.312 e. The third-order valence-corrected chi connectivity index (χ3v) is 5.71. The van der Waals surface area contributed by atoms with Crippen molar-refractivity contribution in [2.75, 3.05) is 14.2 Å². The molecule has 5 rings (SSSR count). The molecule has 160 valence electrons. The number of carbonyl (C=O) groups is 2. The summed E-state index contributed by atoms with van der Waals surface area (Å²) in [6.45, 7) is 0. The molecule has 3 aromatic rings. The predicted octanol–water partition coefficient (Wildman–Crippen LogP) is 4.76. The number of hydrogen-bond donors (Lipinski definition) is 0. The minimum atomic E-state index is -0.323. The Morgan fingerprint density at radius 3 is 2.16 bits per heavy atom. The standard InChI is InChI=1S/C26H20O6/c1-29-17-7-3-15(4-8-17)13-22-25(28)19-11-12-21-24(26(19)32-22)20(14-23(27)31-21)16-5-9-18(30-2)10-6-16/h3-13,20H,14H2,1-2H3. The molecule has 0 saturated carbocycles. The van der Waals surface area contributed by atoms with E-state index in [0.29, 0.717) is 22.6 Å². The Morgan fingerprint density at radius 2 is 1.50 bits per heavy atom. The molecule has 6 nitrogen and oxygen atoms in total. The molecule has 2 aliphatic rings. The highest BCUT2D eigenvalue weighted by Gasteiger charge is 2.38. The lowest BCUT2D eigenvalue weighted by molar-refractivity contribution is -0.135. The van der Waals surface area contributed by atoms with E-state index in [4.69, 9.17) is 18.9 Å². The quantitative estimate of drug-likeness (QED) is 0.339. The lowest BCUT2D eigenvalue weighted by atomic mass is 9.84. The summed E-state index contributed by atoms with van der Waals surface area (Å²) in [6, 6.07) is 18.2. The van der Waals surface area contributed by atoms with E-state index >= 15 is 0 Å². The zero-order chi connectivity index (χ0) is 22.2. The number of hydrogen-bond acceptors (Lipinski definition) is 6. The second-order valence-corrected chi connectivity index (χ2v) is 7.57. The molecule has 6 heteroatoms. The van der Waals surface area contributed by atoms with Crippen molar-refractivity contribution in [2.24, 2.45) is 0 Å². The van der Waals surface area contributed by atoms with Crippen LogP contribution in [-0.2, 0) is 4.79 Å². The van der Waals surface area contributed by atoms with Crippen LogP contribution in [0, 0.1) is 0 Å². The Morgan fingerprint density at radius 1 is 0.844 bits per heavy atom. The van der Waals surface area contributed by atoms with Crippen LogP contribution in [0.15, 0.2) is 66.4 Å². The van der Waals surface area contributed by atoms with Crippen LogP contribution in [0.2, 0.25) is 0 Å². The van der Waals surface area contributed by atoms with Crippen molar-refractivity contribution in [1.82, 2.24) is 0 Å². The van der Waals surface area contributed by atoms with Gasteiger partial charge in [0.05, 0.1) is 26.2 Å². The molecule has 2 aliphatic heterocycles. The zero-order valence-electron chi connectivity index (χ0n) is 17.6. The van der Waals surface area contributed by atoms with Crippen molar-refractivity contribution in [2.45, 2.75) is 12.3 Å². The first-order valence-corrected chi connectivity index (χ1v) is 10.2. The maximum absolute atomic E-state index is 13.1. The van der Waals surface area contributed by atoms with E-state index < -0.39 is 0 Å². The summed E-state index contributed by atoms with van der Waals surface area (Å²) >= 11 is 0. The Balaban J connectivity index is 1.56. The molecule has 32 heavy (non-hydrogen) atoms. The van der Waals surface area contributed by atoms with Gasteiger partial charge in [-0.05, 0) is 53.6 Å². The molecule has 1 unspecified atom stereocenters. The molecule has 0 amide bonds. The van der Waals surface area contributed by atoms with Crippen LogP contribution in [0.4, 0.5) is 0 Å². The van der Waals surface area contributed by atoms with E-state index in [2.05, 4.69) is 0 Å². The van der Waals surface area contributed by atoms with Crippen molar-refractivity contribution < 1.29 is 28.5 Å². The average Bonchev–Trinajstić information content (AvgIpc) is 3.14. The van der Waals surface area contributed by atoms with Crippen LogP contribution in [0.25, 0.3) is 6.08 Å². The van der Waals surface area contributed by atoms with Crippen molar-refractivity contribution in [1.29, 1.82) is 0 Å². The van der Waals surface area contributed by atoms with Crippen LogP contribution in [0.5, 0.6) is 23.0 Å². The fourth-order valence-corrected chi connectivity index (χ4v) is 4.08. The molecular weight excluding hydrogens is 408 g/mol. The van der Waals surface area contributed by atoms with Crippen LogP contribution >= 0.6 is 0 Å². The van der Waals surface area contributed by atoms with Crippen LogP contribution in [0.1, 0.15) is 39.4 Å². The highest BCUT2D eigenvalue weighted by Crippen LogP contribution is 2.49. The zero-order valence-corrected chi connectivity index (χ0v) is 17.6. The number of ketones is 1. The molecule has 0 fully saturated rings. The van der Waals surface area contributed by atoms with Gasteiger partial charge in [0.2, 0.25) is 5.78 Å². The highest BCUT2D eigenvalue weighted by atomic mass is 16.5. The van der Waals surface area contributed by atoms with Gasteiger partial charge in [-0.15, -0.1) is 0 Å². The molecule has 0 radical (unpaired) electrons. The second kappa shape index (κ2) is 7.89. The predicted molar refractivity (Wildman–Crippen MR) is 117 cm³/mol. The molecule has 0 N–H and O–H groups in total. The van der Waals surface area contributed by atoms with Gasteiger partial charge in [0.1, 0.15) is 23.0 Å². The van der Waals surface area contributed by atoms with Crippen molar-refractivity contribution in [3.8, 4) is 23.0 Å². The molecule has 3 aromatic carbocycles. The molecular formula is C26H20O6. The summed E-state index contributed by atoms with van der Waals surface area (Å²) in [7, 11) is 3.20. The number of carbonyl (C=O) groups excluding carboxylic acids is 2. The molecule has 0 bridgehead atoms. The second-order valence-electron chi connectivity index (χ2n) is 7.57. The molecule has 0 aromatic heterocycles. The number of Topliss-reactive ketones (excluding diaryl/α,β-unsaturated/α-hetero) is 1. The Kier molecular flexibility index (Phi) is 4.90. The SMILES string of the molecule is COc1ccc(C=C2Oc3c(ccc4c3C(c3ccc(OC)cc3)CC(=O)O4)C2=O)cc1. The van der Waals surface area contributed by atoms with Gasteiger partial charge in [0, 0.05) is 11.5 Å². The Labute approximate surface area is 185 Å². The average molecular weight is 428 g/mol. The monoisotopic (exact) mass is 428 g/mol. The third-order valence-electron chi connectivity index (χ3n) is 5.71. The van der Waals surface area contributed by atoms with Gasteiger partial charge in [-0.2, -0.15) is 0 Å². The molecule has 0 spiro atoms. The fraction of sp³-hybridized carbons (Fsp3) is 0.154. The van der Waals surface area contributed by atoms with E-state index in [0.717, 1.165) is 22.6 Å². The first kappa shape index (κ1) is 19.9. The summed E-state index contributed by atoms with van der Waals surface area (Å²) in [5, 5.41) is 0. The molecule has 2 heterocycles.